The maximum absolute atomic E-state index is 0. The fourth-order valence-electron chi connectivity index (χ4n) is 0. The monoisotopic (exact) mass is 136 g/mol. The van der Waals surface area contributed by atoms with Gasteiger partial charge in [0.25, 0.3) is 0 Å². The van der Waals surface area contributed by atoms with Crippen LogP contribution in [0.1, 0.15) is 0 Å². The van der Waals surface area contributed by atoms with Gasteiger partial charge < -0.3 is 0 Å². The summed E-state index contributed by atoms with van der Waals surface area (Å²) in [6, 6.07) is 0. The molecule has 0 unspecified atom stereocenters. The molecule has 32 valence electrons. The summed E-state index contributed by atoms with van der Waals surface area (Å²) in [5.74, 6) is 0. The highest BCUT2D eigenvalue weighted by Gasteiger charge is -0.194. The van der Waals surface area contributed by atoms with Crippen molar-refractivity contribution in [1.82, 2.24) is 0 Å². The molecule has 4 heteroatoms. The lowest BCUT2D eigenvalue weighted by atomic mass is 32.1. The summed E-state index contributed by atoms with van der Waals surface area (Å²) in [6.45, 7) is 0. The maximum Gasteiger partial charge on any atom is -0.197 e. The molecule has 0 amide bonds. The van der Waals surface area contributed by atoms with Gasteiger partial charge in [0.2, 0.25) is 0 Å². The van der Waals surface area contributed by atoms with Crippen LogP contribution in [-0.4, -0.2) is 0 Å². The van der Waals surface area contributed by atoms with Crippen LogP contribution in [0.3, 0.4) is 0 Å². The standard InChI is InChI=1S/4H2S/h4*1H2. The van der Waals surface area contributed by atoms with Crippen LogP contribution in [0.15, 0.2) is 0 Å². The van der Waals surface area contributed by atoms with Crippen LogP contribution in [0.5, 0.6) is 0 Å². The molecule has 0 N–H and O–H groups in total. The molecule has 4 heavy (non-hydrogen) atoms. The fraction of sp³-hybridized carbons (Fsp3) is 0. The molecule has 0 aromatic rings. The third-order valence-corrected chi connectivity index (χ3v) is 0. The SMILES string of the molecule is S.S.S.S. The Labute approximate surface area is 54.1 Å². The molecule has 0 aliphatic rings. The van der Waals surface area contributed by atoms with Crippen molar-refractivity contribution in [2.75, 3.05) is 0 Å². The van der Waals surface area contributed by atoms with Crippen LogP contribution < -0.4 is 0 Å². The van der Waals surface area contributed by atoms with Gasteiger partial charge in [0.15, 0.2) is 0 Å². The van der Waals surface area contributed by atoms with Crippen LogP contribution >= 0.6 is 54.0 Å². The molecule has 0 saturated heterocycles. The Hall–Kier alpha value is 1.40. The topological polar surface area (TPSA) is 0 Å². The second-order valence-corrected chi connectivity index (χ2v) is 0. The van der Waals surface area contributed by atoms with Gasteiger partial charge in [0.1, 0.15) is 0 Å². The van der Waals surface area contributed by atoms with Crippen molar-refractivity contribution in [1.29, 1.82) is 0 Å². The van der Waals surface area contributed by atoms with E-state index in [2.05, 4.69) is 0 Å². The fourth-order valence-corrected chi connectivity index (χ4v) is 0. The summed E-state index contributed by atoms with van der Waals surface area (Å²) < 4.78 is 0. The molecule has 0 aromatic heterocycles. The van der Waals surface area contributed by atoms with Gasteiger partial charge in [-0.2, -0.15) is 54.0 Å². The Balaban J connectivity index is 0. The van der Waals surface area contributed by atoms with Crippen molar-refractivity contribution < 1.29 is 0 Å². The Morgan fingerprint density at radius 3 is 0.250 bits per heavy atom. The van der Waals surface area contributed by atoms with Crippen molar-refractivity contribution in [3.8, 4) is 0 Å². The Kier molecular flexibility index (Phi) is 346. The number of hydrogen-bond acceptors (Lipinski definition) is 0. The largest absolute Gasteiger partial charge is 0.197 e. The minimum atomic E-state index is 0. The van der Waals surface area contributed by atoms with Crippen LogP contribution in [-0.2, 0) is 0 Å². The summed E-state index contributed by atoms with van der Waals surface area (Å²) in [5, 5.41) is 0. The molecule has 0 radical (unpaired) electrons. The highest BCUT2D eigenvalue weighted by Crippen LogP contribution is 0.651. The van der Waals surface area contributed by atoms with Crippen LogP contribution in [0.4, 0.5) is 0 Å². The van der Waals surface area contributed by atoms with E-state index in [1.807, 2.05) is 0 Å². The first-order valence-electron chi connectivity index (χ1n) is 0. The Morgan fingerprint density at radius 1 is 0.250 bits per heavy atom. The predicted molar refractivity (Wildman–Crippen MR) is 41.5 cm³/mol. The molecule has 0 heterocycles. The minimum Gasteiger partial charge on any atom is -0.197 e. The lowest BCUT2D eigenvalue weighted by Gasteiger charge is -0.198. The van der Waals surface area contributed by atoms with E-state index in [1.54, 1.807) is 0 Å². The zero-order chi connectivity index (χ0) is 0. The van der Waals surface area contributed by atoms with Crippen molar-refractivity contribution in [3.05, 3.63) is 0 Å². The van der Waals surface area contributed by atoms with Crippen LogP contribution in [0, 0.1) is 0 Å². The van der Waals surface area contributed by atoms with E-state index in [0.717, 1.165) is 0 Å². The highest BCUT2D eigenvalue weighted by molar-refractivity contribution is 7.59. The minimum absolute atomic E-state index is 0. The molecule has 0 saturated carbocycles. The lowest BCUT2D eigenvalue weighted by molar-refractivity contribution is 7.59. The van der Waals surface area contributed by atoms with Crippen molar-refractivity contribution in [3.63, 3.8) is 0 Å². The van der Waals surface area contributed by atoms with Gasteiger partial charge >= 0.3 is 0 Å². The molecular weight excluding hydrogens is 128 g/mol. The molecular formula is H8S4. The van der Waals surface area contributed by atoms with E-state index in [-0.39, 0.29) is 54.0 Å². The lowest BCUT2D eigenvalue weighted by Crippen LogP contribution is 0.647. The van der Waals surface area contributed by atoms with Gasteiger partial charge in [-0.05, 0) is 0 Å². The van der Waals surface area contributed by atoms with E-state index in [1.165, 1.54) is 0 Å². The van der Waals surface area contributed by atoms with Gasteiger partial charge in [-0.3, -0.25) is 0 Å². The average molecular weight is 136 g/mol. The first-order chi connectivity index (χ1) is 0. The molecule has 0 nitrogen and oxygen atoms in total. The van der Waals surface area contributed by atoms with Gasteiger partial charge in [0, 0.05) is 0 Å². The molecule has 0 aromatic carbocycles. The molecule has 0 rings (SSSR count). The third-order valence-electron chi connectivity index (χ3n) is 0. The van der Waals surface area contributed by atoms with Crippen LogP contribution in [0.25, 0.3) is 0 Å². The first-order valence-corrected chi connectivity index (χ1v) is 0. The first kappa shape index (κ1) is 53.3. The number of rotatable bonds is 0. The second-order valence-electron chi connectivity index (χ2n) is 0. The van der Waals surface area contributed by atoms with Crippen LogP contribution in [0.2, 0.25) is 0 Å². The van der Waals surface area contributed by atoms with E-state index in [0.29, 0.717) is 0 Å². The van der Waals surface area contributed by atoms with Crippen molar-refractivity contribution in [2.45, 2.75) is 0 Å². The molecule has 0 aliphatic carbocycles. The van der Waals surface area contributed by atoms with Crippen molar-refractivity contribution >= 4 is 54.0 Å². The third kappa shape index (κ3) is 9.99. The summed E-state index contributed by atoms with van der Waals surface area (Å²) in [5.41, 5.74) is 0. The molecule has 0 spiro atoms. The summed E-state index contributed by atoms with van der Waals surface area (Å²) >= 11 is 0. The highest BCUT2D eigenvalue weighted by atomic mass is 32.1. The van der Waals surface area contributed by atoms with E-state index in [9.17, 15) is 0 Å². The second kappa shape index (κ2) is 26.0. The van der Waals surface area contributed by atoms with Crippen molar-refractivity contribution in [2.24, 2.45) is 0 Å². The van der Waals surface area contributed by atoms with E-state index >= 15 is 0 Å². The summed E-state index contributed by atoms with van der Waals surface area (Å²) in [7, 11) is 0. The Morgan fingerprint density at radius 2 is 0.250 bits per heavy atom. The Bertz CT molecular complexity index is 0. The summed E-state index contributed by atoms with van der Waals surface area (Å²) in [6.07, 6.45) is 0. The predicted octanol–water partition coefficient (Wildman–Crippen LogP) is 0.451. The average Bonchev–Trinajstić information content (AvgIpc) is 0. The molecule has 0 atom stereocenters. The number of hydrogen-bond donors (Lipinski definition) is 0. The maximum atomic E-state index is 0. The van der Waals surface area contributed by atoms with E-state index < -0.39 is 0 Å². The van der Waals surface area contributed by atoms with Gasteiger partial charge in [-0.15, -0.1) is 0 Å². The van der Waals surface area contributed by atoms with Gasteiger partial charge in [-0.1, -0.05) is 0 Å². The molecule has 0 aliphatic heterocycles. The molecule has 0 fully saturated rings. The van der Waals surface area contributed by atoms with Gasteiger partial charge in [-0.25, -0.2) is 0 Å². The van der Waals surface area contributed by atoms with E-state index in [4.69, 9.17) is 0 Å². The molecule has 0 bridgehead atoms. The normalized spacial score (nSPS) is 0. The smallest absolute Gasteiger partial charge is 0.197 e. The van der Waals surface area contributed by atoms with Gasteiger partial charge in [0.05, 0.1) is 0 Å². The zero-order valence-electron chi connectivity index (χ0n) is 2.00. The summed E-state index contributed by atoms with van der Waals surface area (Å²) in [4.78, 5) is 0. The quantitative estimate of drug-likeness (QED) is 0.454. The zero-order valence-corrected chi connectivity index (χ0v) is 6.00.